The van der Waals surface area contributed by atoms with Gasteiger partial charge in [-0.25, -0.2) is 14.5 Å². The molecule has 2 N–H and O–H groups in total. The van der Waals surface area contributed by atoms with E-state index in [1.807, 2.05) is 46.0 Å². The normalized spacial score (nSPS) is 21.2. The third-order valence-electron chi connectivity index (χ3n) is 13.6. The summed E-state index contributed by atoms with van der Waals surface area (Å²) in [5.41, 5.74) is 4.34. The van der Waals surface area contributed by atoms with E-state index in [9.17, 15) is 22.8 Å². The average Bonchev–Trinajstić information content (AvgIpc) is 4.01. The van der Waals surface area contributed by atoms with Crippen molar-refractivity contribution in [1.29, 1.82) is 0 Å². The van der Waals surface area contributed by atoms with Crippen molar-refractivity contribution in [3.8, 4) is 17.0 Å². The summed E-state index contributed by atoms with van der Waals surface area (Å²) in [6, 6.07) is 5.24. The lowest BCUT2D eigenvalue weighted by molar-refractivity contribution is -0.135. The molecule has 0 aliphatic carbocycles. The molecule has 4 aliphatic heterocycles. The Morgan fingerprint density at radius 2 is 1.66 bits per heavy atom. The lowest BCUT2D eigenvalue weighted by atomic mass is 9.87. The lowest BCUT2D eigenvalue weighted by Crippen LogP contribution is -2.51. The molecule has 20 nitrogen and oxygen atoms in total. The van der Waals surface area contributed by atoms with Crippen molar-refractivity contribution in [1.82, 2.24) is 57.3 Å². The molecule has 0 bridgehead atoms. The van der Waals surface area contributed by atoms with Gasteiger partial charge in [0.15, 0.2) is 5.75 Å². The Labute approximate surface area is 378 Å². The number of aryl methyl sites for hydroxylation is 1. The predicted octanol–water partition coefficient (Wildman–Crippen LogP) is 3.67. The number of fused-ring (bicyclic) bond motifs is 2. The number of amides is 2. The van der Waals surface area contributed by atoms with E-state index in [1.165, 1.54) is 0 Å². The zero-order valence-corrected chi connectivity index (χ0v) is 38.7. The van der Waals surface area contributed by atoms with Gasteiger partial charge in [0, 0.05) is 70.6 Å². The number of imide groups is 1. The third-order valence-corrected chi connectivity index (χ3v) is 15.6. The summed E-state index contributed by atoms with van der Waals surface area (Å²) < 4.78 is 49.6. The van der Waals surface area contributed by atoms with Crippen LogP contribution < -0.4 is 21.1 Å². The minimum atomic E-state index is -3.60. The zero-order valence-electron chi connectivity index (χ0n) is 37.9. The summed E-state index contributed by atoms with van der Waals surface area (Å²) >= 11 is 0. The van der Waals surface area contributed by atoms with Crippen LogP contribution in [0, 0.1) is 5.92 Å². The van der Waals surface area contributed by atoms with Crippen molar-refractivity contribution in [3.63, 3.8) is 0 Å². The maximum Gasteiger partial charge on any atom is 0.329 e. The molecule has 2 atom stereocenters. The van der Waals surface area contributed by atoms with E-state index in [0.29, 0.717) is 81.0 Å². The monoisotopic (exact) mass is 915 g/mol. The lowest BCUT2D eigenvalue weighted by Gasteiger charge is -2.39. The Balaban J connectivity index is 0.761. The second-order valence-corrected chi connectivity index (χ2v) is 20.1. The minimum Gasteiger partial charge on any atom is -0.485 e. The summed E-state index contributed by atoms with van der Waals surface area (Å²) in [7, 11) is -1.84. The van der Waals surface area contributed by atoms with Crippen molar-refractivity contribution in [3.05, 3.63) is 53.0 Å². The number of likely N-dealkylation sites (tertiary alicyclic amines) is 1. The number of hydrogen-bond acceptors (Lipinski definition) is 13. The van der Waals surface area contributed by atoms with E-state index in [1.54, 1.807) is 46.5 Å². The fraction of sp³-hybridized carbons (Fsp3) is 0.614. The number of para-hydroxylation sites is 1. The molecule has 1 aromatic carbocycles. The van der Waals surface area contributed by atoms with E-state index in [-0.39, 0.29) is 42.3 Å². The van der Waals surface area contributed by atoms with Crippen LogP contribution in [0.1, 0.15) is 103 Å². The summed E-state index contributed by atoms with van der Waals surface area (Å²) in [6.07, 6.45) is 10.1. The fourth-order valence-corrected chi connectivity index (χ4v) is 11.8. The van der Waals surface area contributed by atoms with E-state index in [4.69, 9.17) is 14.5 Å². The van der Waals surface area contributed by atoms with Crippen LogP contribution in [-0.2, 0) is 31.6 Å². The van der Waals surface area contributed by atoms with Gasteiger partial charge >= 0.3 is 5.69 Å². The Hall–Kier alpha value is -5.22. The summed E-state index contributed by atoms with van der Waals surface area (Å²) in [4.78, 5) is 50.0. The van der Waals surface area contributed by atoms with Gasteiger partial charge in [0.2, 0.25) is 23.4 Å². The first-order valence-electron chi connectivity index (χ1n) is 23.1. The molecule has 0 spiro atoms. The van der Waals surface area contributed by atoms with E-state index < -0.39 is 22.2 Å². The number of rotatable bonds is 14. The third kappa shape index (κ3) is 9.04. The molecule has 4 aromatic heterocycles. The molecule has 65 heavy (non-hydrogen) atoms. The van der Waals surface area contributed by atoms with Crippen molar-refractivity contribution in [2.75, 3.05) is 57.7 Å². The number of imidazole rings is 1. The molecular formula is C44H61N13O7S. The van der Waals surface area contributed by atoms with Crippen molar-refractivity contribution >= 4 is 44.7 Å². The van der Waals surface area contributed by atoms with Gasteiger partial charge in [-0.1, -0.05) is 12.1 Å². The molecule has 21 heteroatoms. The Bertz CT molecular complexity index is 2700. The number of carbonyl (C=O) groups is 2. The smallest absolute Gasteiger partial charge is 0.329 e. The molecule has 4 fully saturated rings. The molecule has 0 saturated carbocycles. The fourth-order valence-electron chi connectivity index (χ4n) is 10.1. The van der Waals surface area contributed by atoms with Gasteiger partial charge in [-0.05, 0) is 109 Å². The number of aromatic nitrogens is 8. The van der Waals surface area contributed by atoms with Crippen molar-refractivity contribution in [2.24, 2.45) is 13.0 Å². The number of nitrogens with zero attached hydrogens (tertiary/aromatic N) is 11. The van der Waals surface area contributed by atoms with Crippen LogP contribution in [0.2, 0.25) is 0 Å². The van der Waals surface area contributed by atoms with Crippen LogP contribution in [0.4, 0.5) is 5.95 Å². The average molecular weight is 916 g/mol. The first kappa shape index (κ1) is 45.0. The van der Waals surface area contributed by atoms with Gasteiger partial charge in [0.1, 0.15) is 24.3 Å². The van der Waals surface area contributed by atoms with Crippen LogP contribution >= 0.6 is 0 Å². The van der Waals surface area contributed by atoms with E-state index >= 15 is 0 Å². The second-order valence-electron chi connectivity index (χ2n) is 18.2. The molecule has 2 amide bonds. The summed E-state index contributed by atoms with van der Waals surface area (Å²) in [5, 5.41) is 15.0. The highest BCUT2D eigenvalue weighted by molar-refractivity contribution is 7.86. The van der Waals surface area contributed by atoms with Crippen molar-refractivity contribution in [2.45, 2.75) is 109 Å². The number of carbonyl (C=O) groups excluding carboxylic acids is 2. The minimum absolute atomic E-state index is 0.00680. The highest BCUT2D eigenvalue weighted by Crippen LogP contribution is 2.36. The van der Waals surface area contributed by atoms with Gasteiger partial charge in [0.25, 0.3) is 10.2 Å². The second kappa shape index (κ2) is 18.6. The van der Waals surface area contributed by atoms with Crippen LogP contribution in [0.5, 0.6) is 5.75 Å². The first-order valence-corrected chi connectivity index (χ1v) is 24.5. The number of hydrogen-bond donors (Lipinski definition) is 2. The van der Waals surface area contributed by atoms with Gasteiger partial charge in [0.05, 0.1) is 23.3 Å². The molecule has 0 radical (unpaired) electrons. The zero-order chi connectivity index (χ0) is 45.6. The number of benzene rings is 1. The number of ether oxygens (including phenoxy) is 2. The highest BCUT2D eigenvalue weighted by Gasteiger charge is 2.37. The molecule has 9 rings (SSSR count). The largest absolute Gasteiger partial charge is 0.485 e. The maximum atomic E-state index is 13.9. The van der Waals surface area contributed by atoms with Crippen LogP contribution in [0.3, 0.4) is 0 Å². The Kier molecular flexibility index (Phi) is 12.8. The summed E-state index contributed by atoms with van der Waals surface area (Å²) in [6.45, 7) is 12.9. The molecule has 350 valence electrons. The first-order chi connectivity index (χ1) is 31.3. The van der Waals surface area contributed by atoms with E-state index in [0.717, 1.165) is 67.5 Å². The van der Waals surface area contributed by atoms with Crippen molar-refractivity contribution < 1.29 is 27.5 Å². The van der Waals surface area contributed by atoms with Gasteiger partial charge in [-0.3, -0.25) is 24.0 Å². The number of nitrogens with one attached hydrogen (secondary N) is 2. The summed E-state index contributed by atoms with van der Waals surface area (Å²) in [5.74, 6) is 0.872. The van der Waals surface area contributed by atoms with Gasteiger partial charge < -0.3 is 19.7 Å². The molecule has 4 saturated heterocycles. The molecular weight excluding hydrogens is 855 g/mol. The molecule has 1 unspecified atom stereocenters. The highest BCUT2D eigenvalue weighted by atomic mass is 32.2. The van der Waals surface area contributed by atoms with E-state index in [2.05, 4.69) is 36.8 Å². The molecule has 8 heterocycles. The number of anilines is 1. The van der Waals surface area contributed by atoms with Gasteiger partial charge in [-0.2, -0.15) is 31.6 Å². The van der Waals surface area contributed by atoms with Crippen LogP contribution in [0.25, 0.3) is 27.9 Å². The topological polar surface area (TPSA) is 208 Å². The van der Waals surface area contributed by atoms with Crippen LogP contribution in [-0.4, -0.2) is 137 Å². The molecule has 5 aromatic rings. The molecule has 4 aliphatic rings. The van der Waals surface area contributed by atoms with Crippen LogP contribution in [0.15, 0.2) is 41.7 Å². The van der Waals surface area contributed by atoms with Gasteiger partial charge in [-0.15, -0.1) is 5.10 Å². The number of piperidine rings is 4. The Morgan fingerprint density at radius 1 is 0.938 bits per heavy atom. The Morgan fingerprint density at radius 3 is 2.35 bits per heavy atom. The maximum absolute atomic E-state index is 13.9. The predicted molar refractivity (Wildman–Crippen MR) is 243 cm³/mol. The quantitative estimate of drug-likeness (QED) is 0.153. The SMILES string of the molecule is CCOC(C)n1cc(-c2ncn3nc(NC4CCN(S(=O)(=O)N5CCC(CN6CCC(c7cccc8c7n(C)c(=O)n8[C@@H]7CCC(=O)NC7=O)CC6)CC5)CC4)nc3c2OC(C)C)cn1. The standard InChI is InChI=1S/C44H61N13O7S/c1-6-63-29(4)55-26-32(24-46-55)38-40(64-28(2)3)41-49-43(50-56(41)27-45-38)47-33-16-22-54(23-17-33)65(61,62)53-20-12-30(13-21-53)25-52-18-14-31(15-19-52)34-8-7-9-35-39(34)51(5)44(60)57(35)36-10-11-37(58)48-42(36)59/h7-9,24,26-31,33,36H,6,10-23,25H2,1-5H3,(H,47,50)(H,48,58,59)/t29?,36-/m1/s1.